The van der Waals surface area contributed by atoms with Gasteiger partial charge < -0.3 is 15.1 Å². The first kappa shape index (κ1) is 15.4. The van der Waals surface area contributed by atoms with E-state index in [9.17, 15) is 9.18 Å². The molecule has 3 rings (SSSR count). The van der Waals surface area contributed by atoms with Crippen LogP contribution in [-0.2, 0) is 4.79 Å². The Morgan fingerprint density at radius 2 is 1.91 bits per heavy atom. The first-order chi connectivity index (χ1) is 11.2. The van der Waals surface area contributed by atoms with Crippen molar-refractivity contribution in [3.63, 3.8) is 0 Å². The van der Waals surface area contributed by atoms with Crippen molar-refractivity contribution in [2.45, 2.75) is 0 Å². The lowest BCUT2D eigenvalue weighted by atomic mass is 10.2. The van der Waals surface area contributed by atoms with Crippen LogP contribution in [0.5, 0.6) is 0 Å². The van der Waals surface area contributed by atoms with Gasteiger partial charge in [-0.1, -0.05) is 6.07 Å². The molecule has 2 aromatic rings. The van der Waals surface area contributed by atoms with Gasteiger partial charge in [-0.15, -0.1) is 0 Å². The monoisotopic (exact) mass is 315 g/mol. The molecule has 0 radical (unpaired) electrons. The van der Waals surface area contributed by atoms with E-state index in [4.69, 9.17) is 0 Å². The van der Waals surface area contributed by atoms with Crippen molar-refractivity contribution in [1.82, 2.24) is 4.98 Å². The van der Waals surface area contributed by atoms with Gasteiger partial charge in [0.1, 0.15) is 11.6 Å². The number of rotatable bonds is 4. The van der Waals surface area contributed by atoms with E-state index in [-0.39, 0.29) is 11.7 Å². The normalized spacial score (nSPS) is 15.4. The Kier molecular flexibility index (Phi) is 4.83. The van der Waals surface area contributed by atoms with Crippen molar-refractivity contribution in [3.8, 4) is 0 Å². The van der Waals surface area contributed by atoms with Crippen LogP contribution in [0.3, 0.4) is 0 Å². The number of carbonyl (C=O) groups is 1. The van der Waals surface area contributed by atoms with Gasteiger partial charge in [0.05, 0.1) is 26.2 Å². The second-order valence-electron chi connectivity index (χ2n) is 5.65. The number of pyridine rings is 1. The summed E-state index contributed by atoms with van der Waals surface area (Å²) >= 11 is 0. The van der Waals surface area contributed by atoms with Crippen LogP contribution in [0, 0.1) is 5.82 Å². The molecule has 1 aromatic carbocycles. The third kappa shape index (κ3) is 4.26. The zero-order valence-electron chi connectivity index (χ0n) is 12.8. The number of aromatic nitrogens is 1. The topological polar surface area (TPSA) is 49.7 Å². The Balaban J connectivity index is 1.47. The first-order valence-corrected chi connectivity index (χ1v) is 7.76. The van der Waals surface area contributed by atoms with Gasteiger partial charge in [0, 0.05) is 11.9 Å². The standard InChI is InChI=1S/C17H19FN4O/c18-14-4-6-15(7-5-14)22-11-9-21(10-12-22)13-17(23)20-16-3-1-2-8-19-16/h1-8H,9-13H2,(H,19,20,23)/p+1. The van der Waals surface area contributed by atoms with Crippen LogP contribution in [0.2, 0.25) is 0 Å². The Bertz CT molecular complexity index is 639. The van der Waals surface area contributed by atoms with E-state index in [1.165, 1.54) is 17.0 Å². The molecule has 6 heteroatoms. The highest BCUT2D eigenvalue weighted by Gasteiger charge is 2.22. The fourth-order valence-electron chi connectivity index (χ4n) is 2.76. The Labute approximate surface area is 134 Å². The van der Waals surface area contributed by atoms with Crippen LogP contribution in [-0.4, -0.2) is 43.6 Å². The van der Waals surface area contributed by atoms with Gasteiger partial charge in [0.15, 0.2) is 6.54 Å². The number of hydrogen-bond acceptors (Lipinski definition) is 3. The van der Waals surface area contributed by atoms with Crippen molar-refractivity contribution in [1.29, 1.82) is 0 Å². The number of hydrogen-bond donors (Lipinski definition) is 2. The molecule has 0 spiro atoms. The largest absolute Gasteiger partial charge is 0.360 e. The minimum Gasteiger partial charge on any atom is -0.360 e. The van der Waals surface area contributed by atoms with Gasteiger partial charge >= 0.3 is 0 Å². The molecule has 1 fully saturated rings. The van der Waals surface area contributed by atoms with Crippen molar-refractivity contribution < 1.29 is 14.1 Å². The summed E-state index contributed by atoms with van der Waals surface area (Å²) in [5.41, 5.74) is 1.03. The van der Waals surface area contributed by atoms with Crippen molar-refractivity contribution in [2.24, 2.45) is 0 Å². The number of nitrogens with zero attached hydrogens (tertiary/aromatic N) is 2. The lowest BCUT2D eigenvalue weighted by molar-refractivity contribution is -0.892. The zero-order chi connectivity index (χ0) is 16.1. The average molecular weight is 315 g/mol. The molecule has 1 aliphatic heterocycles. The number of quaternary nitrogens is 1. The summed E-state index contributed by atoms with van der Waals surface area (Å²) in [5, 5.41) is 2.81. The predicted molar refractivity (Wildman–Crippen MR) is 87.0 cm³/mol. The molecule has 2 heterocycles. The van der Waals surface area contributed by atoms with Crippen LogP contribution in [0.25, 0.3) is 0 Å². The number of nitrogens with one attached hydrogen (secondary N) is 2. The van der Waals surface area contributed by atoms with Gasteiger partial charge in [-0.05, 0) is 36.4 Å². The van der Waals surface area contributed by atoms with Crippen LogP contribution >= 0.6 is 0 Å². The second-order valence-corrected chi connectivity index (χ2v) is 5.65. The lowest BCUT2D eigenvalue weighted by Gasteiger charge is -2.33. The molecule has 5 nitrogen and oxygen atoms in total. The summed E-state index contributed by atoms with van der Waals surface area (Å²) in [5.74, 6) is 0.347. The van der Waals surface area contributed by atoms with Crippen LogP contribution in [0.1, 0.15) is 0 Å². The van der Waals surface area contributed by atoms with Crippen LogP contribution in [0.4, 0.5) is 15.9 Å². The molecular weight excluding hydrogens is 295 g/mol. The lowest BCUT2D eigenvalue weighted by Crippen LogP contribution is -3.15. The Morgan fingerprint density at radius 1 is 1.17 bits per heavy atom. The maximum absolute atomic E-state index is 13.0. The SMILES string of the molecule is O=C(C[NH+]1CCN(c2ccc(F)cc2)CC1)Nc1ccccn1. The highest BCUT2D eigenvalue weighted by atomic mass is 19.1. The third-order valence-electron chi connectivity index (χ3n) is 4.01. The molecule has 0 aliphatic carbocycles. The van der Waals surface area contributed by atoms with E-state index in [0.717, 1.165) is 31.9 Å². The van der Waals surface area contributed by atoms with E-state index in [1.807, 2.05) is 12.1 Å². The molecule has 2 N–H and O–H groups in total. The summed E-state index contributed by atoms with van der Waals surface area (Å²) < 4.78 is 13.0. The molecule has 1 aromatic heterocycles. The maximum atomic E-state index is 13.0. The summed E-state index contributed by atoms with van der Waals surface area (Å²) in [6, 6.07) is 12.0. The molecule has 0 unspecified atom stereocenters. The van der Waals surface area contributed by atoms with E-state index in [0.29, 0.717) is 12.4 Å². The third-order valence-corrected chi connectivity index (χ3v) is 4.01. The fraction of sp³-hybridized carbons (Fsp3) is 0.294. The number of benzene rings is 1. The molecule has 1 saturated heterocycles. The average Bonchev–Trinajstić information content (AvgIpc) is 2.57. The maximum Gasteiger partial charge on any atom is 0.280 e. The minimum absolute atomic E-state index is 0.0195. The number of halogens is 1. The van der Waals surface area contributed by atoms with E-state index in [1.54, 1.807) is 24.4 Å². The van der Waals surface area contributed by atoms with E-state index < -0.39 is 0 Å². The van der Waals surface area contributed by atoms with Gasteiger partial charge in [-0.3, -0.25) is 4.79 Å². The predicted octanol–water partition coefficient (Wildman–Crippen LogP) is 0.564. The zero-order valence-corrected chi connectivity index (χ0v) is 12.8. The highest BCUT2D eigenvalue weighted by Crippen LogP contribution is 2.14. The Morgan fingerprint density at radius 3 is 2.57 bits per heavy atom. The molecule has 23 heavy (non-hydrogen) atoms. The summed E-state index contributed by atoms with van der Waals surface area (Å²) in [4.78, 5) is 19.6. The summed E-state index contributed by atoms with van der Waals surface area (Å²) in [6.45, 7) is 3.92. The highest BCUT2D eigenvalue weighted by molar-refractivity contribution is 5.90. The fourth-order valence-corrected chi connectivity index (χ4v) is 2.76. The summed E-state index contributed by atoms with van der Waals surface area (Å²) in [6.07, 6.45) is 1.66. The molecule has 120 valence electrons. The first-order valence-electron chi connectivity index (χ1n) is 7.76. The number of carbonyl (C=O) groups excluding carboxylic acids is 1. The molecule has 0 bridgehead atoms. The van der Waals surface area contributed by atoms with E-state index in [2.05, 4.69) is 15.2 Å². The Hall–Kier alpha value is -2.47. The molecule has 0 saturated carbocycles. The number of amides is 1. The summed E-state index contributed by atoms with van der Waals surface area (Å²) in [7, 11) is 0. The van der Waals surface area contributed by atoms with Gasteiger partial charge in [-0.25, -0.2) is 9.37 Å². The smallest absolute Gasteiger partial charge is 0.280 e. The van der Waals surface area contributed by atoms with Gasteiger partial charge in [-0.2, -0.15) is 0 Å². The van der Waals surface area contributed by atoms with Crippen LogP contribution in [0.15, 0.2) is 48.7 Å². The van der Waals surface area contributed by atoms with Crippen molar-refractivity contribution in [2.75, 3.05) is 42.9 Å². The quantitative estimate of drug-likeness (QED) is 0.867. The molecule has 1 amide bonds. The number of anilines is 2. The van der Waals surface area contributed by atoms with Crippen molar-refractivity contribution in [3.05, 3.63) is 54.5 Å². The van der Waals surface area contributed by atoms with Gasteiger partial charge in [0.25, 0.3) is 5.91 Å². The minimum atomic E-state index is -0.218. The molecular formula is C17H20FN4O+. The number of piperazine rings is 1. The molecule has 0 atom stereocenters. The van der Waals surface area contributed by atoms with Crippen molar-refractivity contribution >= 4 is 17.4 Å². The molecule has 1 aliphatic rings. The van der Waals surface area contributed by atoms with Crippen LogP contribution < -0.4 is 15.1 Å². The van der Waals surface area contributed by atoms with E-state index >= 15 is 0 Å². The van der Waals surface area contributed by atoms with Gasteiger partial charge in [0.2, 0.25) is 0 Å². The second kappa shape index (κ2) is 7.19.